The molecule has 1 aliphatic rings. The van der Waals surface area contributed by atoms with Crippen LogP contribution in [0.5, 0.6) is 5.75 Å². The molecule has 0 atom stereocenters. The van der Waals surface area contributed by atoms with E-state index < -0.39 is 11.5 Å². The fourth-order valence-corrected chi connectivity index (χ4v) is 2.48. The molecule has 0 aromatic carbocycles. The van der Waals surface area contributed by atoms with Crippen molar-refractivity contribution in [2.24, 2.45) is 0 Å². The predicted octanol–water partition coefficient (Wildman–Crippen LogP) is 0.726. The fourth-order valence-electron chi connectivity index (χ4n) is 2.48. The number of aromatic nitrogens is 1. The van der Waals surface area contributed by atoms with Crippen LogP contribution in [0.15, 0.2) is 4.79 Å². The lowest BCUT2D eigenvalue weighted by atomic mass is 9.93. The molecule has 1 aliphatic carbocycles. The Morgan fingerprint density at radius 2 is 2.15 bits per heavy atom. The summed E-state index contributed by atoms with van der Waals surface area (Å²) in [6.07, 6.45) is 4.05. The molecule has 0 fully saturated rings. The van der Waals surface area contributed by atoms with Gasteiger partial charge >= 0.3 is 0 Å². The average molecular weight is 280 g/mol. The maximum Gasteiger partial charge on any atom is 0.264 e. The normalized spacial score (nSPS) is 13.8. The van der Waals surface area contributed by atoms with Crippen LogP contribution in [-0.2, 0) is 17.6 Å². The summed E-state index contributed by atoms with van der Waals surface area (Å²) in [5, 5.41) is 12.8. The zero-order valence-corrected chi connectivity index (χ0v) is 11.6. The van der Waals surface area contributed by atoms with Gasteiger partial charge in [-0.05, 0) is 32.1 Å². The lowest BCUT2D eigenvalue weighted by Gasteiger charge is -2.18. The Bertz CT molecular complexity index is 551. The van der Waals surface area contributed by atoms with Crippen LogP contribution in [0.2, 0.25) is 0 Å². The molecule has 0 spiro atoms. The van der Waals surface area contributed by atoms with E-state index in [4.69, 9.17) is 4.74 Å². The molecule has 0 aliphatic heterocycles. The fraction of sp³-hybridized carbons (Fsp3) is 0.571. The van der Waals surface area contributed by atoms with E-state index >= 15 is 0 Å². The molecule has 0 bridgehead atoms. The molecule has 0 saturated carbocycles. The van der Waals surface area contributed by atoms with E-state index in [1.54, 1.807) is 7.11 Å². The molecule has 6 heteroatoms. The van der Waals surface area contributed by atoms with Crippen molar-refractivity contribution in [3.05, 3.63) is 27.2 Å². The summed E-state index contributed by atoms with van der Waals surface area (Å²) >= 11 is 0. The number of aromatic amines is 1. The average Bonchev–Trinajstić information content (AvgIpc) is 2.43. The molecular formula is C14H20N2O4. The van der Waals surface area contributed by atoms with Crippen LogP contribution in [0.3, 0.4) is 0 Å². The molecule has 1 aromatic rings. The number of carbonyl (C=O) groups excluding carboxylic acids is 1. The van der Waals surface area contributed by atoms with Crippen LogP contribution in [-0.4, -0.2) is 36.3 Å². The first-order valence-electron chi connectivity index (χ1n) is 6.89. The van der Waals surface area contributed by atoms with Crippen molar-refractivity contribution in [3.8, 4) is 5.75 Å². The van der Waals surface area contributed by atoms with Gasteiger partial charge in [-0.15, -0.1) is 0 Å². The van der Waals surface area contributed by atoms with Gasteiger partial charge in [0, 0.05) is 31.5 Å². The number of aromatic hydroxyl groups is 1. The largest absolute Gasteiger partial charge is 0.507 e. The Morgan fingerprint density at radius 3 is 2.90 bits per heavy atom. The standard InChI is InChI=1S/C14H20N2O4/c1-20-8-4-7-15-13(18)11-12(17)9-5-2-3-6-10(9)16-14(11)19/h2-8H2,1H3,(H,15,18)(H2,16,17,19). The van der Waals surface area contributed by atoms with Crippen molar-refractivity contribution in [1.82, 2.24) is 10.3 Å². The summed E-state index contributed by atoms with van der Waals surface area (Å²) in [6.45, 7) is 0.940. The van der Waals surface area contributed by atoms with Crippen molar-refractivity contribution < 1.29 is 14.6 Å². The second-order valence-corrected chi connectivity index (χ2v) is 4.94. The van der Waals surface area contributed by atoms with E-state index in [1.807, 2.05) is 0 Å². The minimum absolute atomic E-state index is 0.160. The number of hydrogen-bond acceptors (Lipinski definition) is 4. The Morgan fingerprint density at radius 1 is 1.40 bits per heavy atom. The van der Waals surface area contributed by atoms with Gasteiger partial charge in [0.25, 0.3) is 11.5 Å². The summed E-state index contributed by atoms with van der Waals surface area (Å²) in [7, 11) is 1.59. The minimum atomic E-state index is -0.534. The number of ether oxygens (including phenoxy) is 1. The molecule has 1 aromatic heterocycles. The van der Waals surface area contributed by atoms with E-state index in [9.17, 15) is 14.7 Å². The van der Waals surface area contributed by atoms with Gasteiger partial charge in [-0.2, -0.15) is 0 Å². The highest BCUT2D eigenvalue weighted by atomic mass is 16.5. The number of H-pyrrole nitrogens is 1. The molecule has 20 heavy (non-hydrogen) atoms. The minimum Gasteiger partial charge on any atom is -0.507 e. The van der Waals surface area contributed by atoms with Crippen LogP contribution in [0, 0.1) is 0 Å². The molecule has 3 N–H and O–H groups in total. The second-order valence-electron chi connectivity index (χ2n) is 4.94. The number of aryl methyl sites for hydroxylation is 1. The highest BCUT2D eigenvalue weighted by Gasteiger charge is 2.23. The maximum absolute atomic E-state index is 12.0. The first-order chi connectivity index (χ1) is 9.65. The van der Waals surface area contributed by atoms with Crippen molar-refractivity contribution in [3.63, 3.8) is 0 Å². The Kier molecular flexibility index (Phi) is 4.79. The number of hydrogen-bond donors (Lipinski definition) is 3. The summed E-state index contributed by atoms with van der Waals surface area (Å²) in [4.78, 5) is 26.7. The number of pyridine rings is 1. The van der Waals surface area contributed by atoms with E-state index in [2.05, 4.69) is 10.3 Å². The summed E-state index contributed by atoms with van der Waals surface area (Å²) < 4.78 is 4.88. The molecule has 0 radical (unpaired) electrons. The first kappa shape index (κ1) is 14.6. The van der Waals surface area contributed by atoms with Crippen molar-refractivity contribution in [1.29, 1.82) is 0 Å². The number of amides is 1. The van der Waals surface area contributed by atoms with Gasteiger partial charge < -0.3 is 20.1 Å². The van der Waals surface area contributed by atoms with Crippen LogP contribution in [0.25, 0.3) is 0 Å². The molecule has 0 unspecified atom stereocenters. The van der Waals surface area contributed by atoms with E-state index in [-0.39, 0.29) is 11.3 Å². The lowest BCUT2D eigenvalue weighted by molar-refractivity contribution is 0.0944. The summed E-state index contributed by atoms with van der Waals surface area (Å²) in [5.74, 6) is -0.694. The Balaban J connectivity index is 2.19. The molecule has 2 rings (SSSR count). The van der Waals surface area contributed by atoms with Gasteiger partial charge in [-0.1, -0.05) is 0 Å². The third kappa shape index (κ3) is 3.01. The van der Waals surface area contributed by atoms with Gasteiger partial charge in [-0.3, -0.25) is 9.59 Å². The monoisotopic (exact) mass is 280 g/mol. The highest BCUT2D eigenvalue weighted by molar-refractivity contribution is 5.96. The molecule has 1 amide bonds. The van der Waals surface area contributed by atoms with Crippen molar-refractivity contribution in [2.45, 2.75) is 32.1 Å². The van der Waals surface area contributed by atoms with E-state index in [1.165, 1.54) is 0 Å². The highest BCUT2D eigenvalue weighted by Crippen LogP contribution is 2.28. The second kappa shape index (κ2) is 6.56. The molecular weight excluding hydrogens is 260 g/mol. The number of carbonyl (C=O) groups is 1. The van der Waals surface area contributed by atoms with Crippen LogP contribution >= 0.6 is 0 Å². The van der Waals surface area contributed by atoms with E-state index in [0.29, 0.717) is 31.6 Å². The first-order valence-corrected chi connectivity index (χ1v) is 6.89. The van der Waals surface area contributed by atoms with Crippen LogP contribution in [0.4, 0.5) is 0 Å². The van der Waals surface area contributed by atoms with Gasteiger partial charge in [0.05, 0.1) is 0 Å². The molecule has 1 heterocycles. The third-order valence-corrected chi connectivity index (χ3v) is 3.52. The topological polar surface area (TPSA) is 91.4 Å². The quantitative estimate of drug-likeness (QED) is 0.693. The SMILES string of the molecule is COCCCNC(=O)c1c(O)c2c([nH]c1=O)CCCC2. The summed E-state index contributed by atoms with van der Waals surface area (Å²) in [6, 6.07) is 0. The van der Waals surface area contributed by atoms with Crippen molar-refractivity contribution >= 4 is 5.91 Å². The molecule has 6 nitrogen and oxygen atoms in total. The Hall–Kier alpha value is -1.82. The predicted molar refractivity (Wildman–Crippen MR) is 74.2 cm³/mol. The Labute approximate surface area is 117 Å². The number of nitrogens with one attached hydrogen (secondary N) is 2. The van der Waals surface area contributed by atoms with Crippen LogP contribution < -0.4 is 10.9 Å². The van der Waals surface area contributed by atoms with Gasteiger partial charge in [0.2, 0.25) is 0 Å². The molecule has 110 valence electrons. The van der Waals surface area contributed by atoms with Gasteiger partial charge in [0.15, 0.2) is 0 Å². The third-order valence-electron chi connectivity index (χ3n) is 3.52. The lowest BCUT2D eigenvalue weighted by Crippen LogP contribution is -2.32. The number of methoxy groups -OCH3 is 1. The zero-order valence-electron chi connectivity index (χ0n) is 11.6. The molecule has 0 saturated heterocycles. The number of fused-ring (bicyclic) bond motifs is 1. The summed E-state index contributed by atoms with van der Waals surface area (Å²) in [5.41, 5.74) is 0.767. The van der Waals surface area contributed by atoms with Gasteiger partial charge in [0.1, 0.15) is 11.3 Å². The van der Waals surface area contributed by atoms with Crippen molar-refractivity contribution in [2.75, 3.05) is 20.3 Å². The smallest absolute Gasteiger partial charge is 0.264 e. The van der Waals surface area contributed by atoms with Crippen LogP contribution in [0.1, 0.15) is 40.9 Å². The van der Waals surface area contributed by atoms with E-state index in [0.717, 1.165) is 25.0 Å². The number of rotatable bonds is 5. The maximum atomic E-state index is 12.0. The van der Waals surface area contributed by atoms with Gasteiger partial charge in [-0.25, -0.2) is 0 Å². The zero-order chi connectivity index (χ0) is 14.5.